The predicted molar refractivity (Wildman–Crippen MR) is 45.9 cm³/mol. The van der Waals surface area contributed by atoms with Crippen LogP contribution in [0.5, 0.6) is 0 Å². The minimum Gasteiger partial charge on any atom is -0.341 e. The molecule has 0 spiro atoms. The van der Waals surface area contributed by atoms with Crippen LogP contribution in [0.2, 0.25) is 26.0 Å². The Balaban J connectivity index is 3.77. The second kappa shape index (κ2) is 4.19. The smallest absolute Gasteiger partial charge is 0.336 e. The molecule has 1 atom stereocenters. The molecule has 0 saturated carbocycles. The van der Waals surface area contributed by atoms with Crippen LogP contribution in [-0.2, 0) is 0 Å². The standard InChI is InChI=1S/C6H14BF3Si/c1-11(2,3)7(10)4-6(9)5-8/h6H,4-5H2,1-3H3. The average molecular weight is 182 g/mol. The minimum atomic E-state index is -1.91. The van der Waals surface area contributed by atoms with Gasteiger partial charge in [-0.2, -0.15) is 0 Å². The molecule has 0 saturated heterocycles. The zero-order valence-corrected chi connectivity index (χ0v) is 8.20. The zero-order valence-electron chi connectivity index (χ0n) is 7.20. The normalized spacial score (nSPS) is 14.7. The number of rotatable bonds is 4. The Morgan fingerprint density at radius 2 is 1.82 bits per heavy atom. The predicted octanol–water partition coefficient (Wildman–Crippen LogP) is 2.67. The molecule has 0 aliphatic rings. The van der Waals surface area contributed by atoms with Crippen molar-refractivity contribution in [2.45, 2.75) is 32.1 Å². The van der Waals surface area contributed by atoms with E-state index in [1.807, 2.05) is 19.6 Å². The first-order valence-corrected chi connectivity index (χ1v) is 7.29. The van der Waals surface area contributed by atoms with E-state index in [-0.39, 0.29) is 6.32 Å². The lowest BCUT2D eigenvalue weighted by atomic mass is 9.93. The maximum absolute atomic E-state index is 13.0. The fourth-order valence-corrected chi connectivity index (χ4v) is 1.60. The topological polar surface area (TPSA) is 0 Å². The molecule has 0 aliphatic heterocycles. The van der Waals surface area contributed by atoms with Crippen molar-refractivity contribution in [3.05, 3.63) is 0 Å². The van der Waals surface area contributed by atoms with Gasteiger partial charge < -0.3 is 4.32 Å². The van der Waals surface area contributed by atoms with Crippen LogP contribution in [0.4, 0.5) is 13.1 Å². The Hall–Kier alpha value is 0.0718. The fourth-order valence-electron chi connectivity index (χ4n) is 0.641. The Bertz CT molecular complexity index is 115. The first-order valence-electron chi connectivity index (χ1n) is 3.72. The molecule has 0 nitrogen and oxygen atoms in total. The third-order valence-corrected chi connectivity index (χ3v) is 3.68. The van der Waals surface area contributed by atoms with E-state index in [0.717, 1.165) is 0 Å². The molecule has 0 aliphatic carbocycles. The maximum Gasteiger partial charge on any atom is 0.336 e. The summed E-state index contributed by atoms with van der Waals surface area (Å²) in [6.45, 7) is 3.23. The van der Waals surface area contributed by atoms with Crippen LogP contribution in [0.15, 0.2) is 0 Å². The summed E-state index contributed by atoms with van der Waals surface area (Å²) in [6, 6.07) is 0. The van der Waals surface area contributed by atoms with Crippen LogP contribution in [0.1, 0.15) is 0 Å². The van der Waals surface area contributed by atoms with Crippen molar-refractivity contribution in [2.24, 2.45) is 0 Å². The Morgan fingerprint density at radius 1 is 1.36 bits per heavy atom. The largest absolute Gasteiger partial charge is 0.341 e. The van der Waals surface area contributed by atoms with E-state index in [4.69, 9.17) is 0 Å². The summed E-state index contributed by atoms with van der Waals surface area (Å²) < 4.78 is 36.9. The molecule has 0 rings (SSSR count). The number of hydrogen-bond donors (Lipinski definition) is 0. The number of alkyl halides is 2. The van der Waals surface area contributed by atoms with Gasteiger partial charge in [-0.1, -0.05) is 19.6 Å². The van der Waals surface area contributed by atoms with Crippen molar-refractivity contribution in [3.63, 3.8) is 0 Å². The third-order valence-electron chi connectivity index (χ3n) is 1.57. The van der Waals surface area contributed by atoms with Crippen molar-refractivity contribution in [2.75, 3.05) is 6.67 Å². The molecule has 0 amide bonds. The van der Waals surface area contributed by atoms with Gasteiger partial charge in [-0.15, -0.1) is 0 Å². The van der Waals surface area contributed by atoms with Gasteiger partial charge in [-0.05, 0) is 6.32 Å². The van der Waals surface area contributed by atoms with Crippen molar-refractivity contribution >= 4 is 14.5 Å². The molecule has 0 aromatic rings. The quantitative estimate of drug-likeness (QED) is 0.586. The van der Waals surface area contributed by atoms with Gasteiger partial charge in [0.05, 0.1) is 7.94 Å². The van der Waals surface area contributed by atoms with E-state index < -0.39 is 27.4 Å². The van der Waals surface area contributed by atoms with Crippen LogP contribution in [0.3, 0.4) is 0 Å². The highest BCUT2D eigenvalue weighted by Gasteiger charge is 2.34. The second-order valence-electron chi connectivity index (χ2n) is 3.82. The third kappa shape index (κ3) is 4.50. The summed E-state index contributed by atoms with van der Waals surface area (Å²) in [5.74, 6) is 0. The first kappa shape index (κ1) is 11.1. The summed E-state index contributed by atoms with van der Waals surface area (Å²) in [7, 11) is -1.91. The molecule has 0 radical (unpaired) electrons. The lowest BCUT2D eigenvalue weighted by Crippen LogP contribution is -2.41. The van der Waals surface area contributed by atoms with Crippen LogP contribution in [0, 0.1) is 0 Å². The first-order chi connectivity index (χ1) is 4.88. The van der Waals surface area contributed by atoms with E-state index in [0.29, 0.717) is 0 Å². The molecule has 0 fully saturated rings. The molecule has 1 unspecified atom stereocenters. The van der Waals surface area contributed by atoms with E-state index >= 15 is 0 Å². The number of hydrogen-bond acceptors (Lipinski definition) is 0. The van der Waals surface area contributed by atoms with E-state index in [2.05, 4.69) is 0 Å². The van der Waals surface area contributed by atoms with E-state index in [1.54, 1.807) is 0 Å². The molecular formula is C6H14BF3Si. The molecule has 11 heavy (non-hydrogen) atoms. The molecular weight excluding hydrogens is 168 g/mol. The Labute approximate surface area is 67.3 Å². The van der Waals surface area contributed by atoms with Crippen LogP contribution in [0.25, 0.3) is 0 Å². The van der Waals surface area contributed by atoms with Gasteiger partial charge in [0, 0.05) is 0 Å². The van der Waals surface area contributed by atoms with Crippen molar-refractivity contribution < 1.29 is 13.1 Å². The Morgan fingerprint density at radius 3 is 2.09 bits per heavy atom. The molecule has 0 heterocycles. The SMILES string of the molecule is C[Si](C)(C)B(F)CC(F)CF. The highest BCUT2D eigenvalue weighted by atomic mass is 28.3. The van der Waals surface area contributed by atoms with Gasteiger partial charge in [-0.3, -0.25) is 0 Å². The maximum atomic E-state index is 13.0. The van der Waals surface area contributed by atoms with Gasteiger partial charge in [0.1, 0.15) is 12.8 Å². The van der Waals surface area contributed by atoms with Gasteiger partial charge in [0.15, 0.2) is 0 Å². The zero-order chi connectivity index (χ0) is 9.07. The van der Waals surface area contributed by atoms with Crippen LogP contribution < -0.4 is 0 Å². The second-order valence-corrected chi connectivity index (χ2v) is 9.18. The fraction of sp³-hybridized carbons (Fsp3) is 1.00. The summed E-state index contributed by atoms with van der Waals surface area (Å²) in [5, 5.41) is 0. The van der Waals surface area contributed by atoms with Crippen molar-refractivity contribution in [1.82, 2.24) is 0 Å². The molecule has 0 aromatic carbocycles. The monoisotopic (exact) mass is 182 g/mol. The molecule has 0 N–H and O–H groups in total. The molecule has 0 aromatic heterocycles. The summed E-state index contributed by atoms with van der Waals surface area (Å²) in [6.07, 6.45) is -1.89. The van der Waals surface area contributed by atoms with Gasteiger partial charge in [0.25, 0.3) is 0 Å². The van der Waals surface area contributed by atoms with Gasteiger partial charge in [0.2, 0.25) is 0 Å². The number of halogens is 3. The highest BCUT2D eigenvalue weighted by molar-refractivity contribution is 7.29. The average Bonchev–Trinajstić information content (AvgIpc) is 1.85. The van der Waals surface area contributed by atoms with Crippen molar-refractivity contribution in [1.29, 1.82) is 0 Å². The molecule has 0 bridgehead atoms. The van der Waals surface area contributed by atoms with Crippen LogP contribution in [-0.4, -0.2) is 27.4 Å². The van der Waals surface area contributed by atoms with Gasteiger partial charge >= 0.3 is 6.58 Å². The van der Waals surface area contributed by atoms with Gasteiger partial charge in [-0.25, -0.2) is 8.78 Å². The molecule has 5 heteroatoms. The van der Waals surface area contributed by atoms with E-state index in [9.17, 15) is 13.1 Å². The minimum absolute atomic E-state index is 0.272. The van der Waals surface area contributed by atoms with Crippen molar-refractivity contribution in [3.8, 4) is 0 Å². The van der Waals surface area contributed by atoms with Crippen LogP contribution >= 0.6 is 0 Å². The molecule has 66 valence electrons. The summed E-state index contributed by atoms with van der Waals surface area (Å²) in [5.41, 5.74) is 0. The van der Waals surface area contributed by atoms with E-state index in [1.165, 1.54) is 0 Å². The summed E-state index contributed by atoms with van der Waals surface area (Å²) in [4.78, 5) is 0. The summed E-state index contributed by atoms with van der Waals surface area (Å²) >= 11 is 0. The lowest BCUT2D eigenvalue weighted by molar-refractivity contribution is 0.278. The Kier molecular flexibility index (Phi) is 4.21. The highest BCUT2D eigenvalue weighted by Crippen LogP contribution is 2.15. The lowest BCUT2D eigenvalue weighted by Gasteiger charge is -2.18.